The highest BCUT2D eigenvalue weighted by Gasteiger charge is 2.14. The Bertz CT molecular complexity index is 824. The Morgan fingerprint density at radius 2 is 1.96 bits per heavy atom. The molecule has 3 aromatic rings. The summed E-state index contributed by atoms with van der Waals surface area (Å²) >= 11 is 5.88. The Morgan fingerprint density at radius 1 is 1.13 bits per heavy atom. The van der Waals surface area contributed by atoms with Crippen molar-refractivity contribution in [1.82, 2.24) is 9.88 Å². The monoisotopic (exact) mass is 330 g/mol. The second kappa shape index (κ2) is 6.84. The maximum atomic E-state index is 13.7. The van der Waals surface area contributed by atoms with Gasteiger partial charge >= 0.3 is 0 Å². The average molecular weight is 331 g/mol. The molecule has 1 heterocycles. The molecular weight excluding hydrogens is 315 g/mol. The van der Waals surface area contributed by atoms with Gasteiger partial charge in [0, 0.05) is 24.8 Å². The number of benzene rings is 2. The zero-order valence-corrected chi connectivity index (χ0v) is 13.2. The van der Waals surface area contributed by atoms with Crippen molar-refractivity contribution in [3.8, 4) is 0 Å². The van der Waals surface area contributed by atoms with Crippen LogP contribution in [0.15, 0.2) is 54.7 Å². The molecule has 0 saturated heterocycles. The normalized spacial score (nSPS) is 10.9. The van der Waals surface area contributed by atoms with E-state index in [1.54, 1.807) is 0 Å². The van der Waals surface area contributed by atoms with E-state index in [1.165, 1.54) is 23.6 Å². The number of carbonyl (C=O) groups excluding carboxylic acids is 1. The number of halogens is 2. The Labute approximate surface area is 138 Å². The molecule has 0 unspecified atom stereocenters. The number of aromatic nitrogens is 1. The molecule has 1 amide bonds. The number of aryl methyl sites for hydroxylation is 1. The van der Waals surface area contributed by atoms with Gasteiger partial charge in [0.05, 0.1) is 10.6 Å². The van der Waals surface area contributed by atoms with Gasteiger partial charge in [-0.3, -0.25) is 4.79 Å². The van der Waals surface area contributed by atoms with E-state index in [4.69, 9.17) is 11.6 Å². The van der Waals surface area contributed by atoms with Gasteiger partial charge in [0.2, 0.25) is 0 Å². The van der Waals surface area contributed by atoms with Crippen molar-refractivity contribution in [3.05, 3.63) is 71.1 Å². The van der Waals surface area contributed by atoms with Crippen molar-refractivity contribution in [1.29, 1.82) is 0 Å². The van der Waals surface area contributed by atoms with Gasteiger partial charge < -0.3 is 9.88 Å². The lowest BCUT2D eigenvalue weighted by molar-refractivity contribution is 0.0949. The van der Waals surface area contributed by atoms with Crippen molar-refractivity contribution in [3.63, 3.8) is 0 Å². The van der Waals surface area contributed by atoms with Crippen LogP contribution in [0.3, 0.4) is 0 Å². The zero-order chi connectivity index (χ0) is 16.2. The van der Waals surface area contributed by atoms with Gasteiger partial charge in [-0.1, -0.05) is 35.9 Å². The highest BCUT2D eigenvalue weighted by molar-refractivity contribution is 6.33. The van der Waals surface area contributed by atoms with Gasteiger partial charge in [-0.2, -0.15) is 0 Å². The van der Waals surface area contributed by atoms with Crippen molar-refractivity contribution >= 4 is 28.4 Å². The van der Waals surface area contributed by atoms with Gasteiger partial charge in [-0.25, -0.2) is 4.39 Å². The van der Waals surface area contributed by atoms with E-state index in [0.29, 0.717) is 6.54 Å². The Balaban J connectivity index is 1.57. The lowest BCUT2D eigenvalue weighted by atomic mass is 10.2. The highest BCUT2D eigenvalue weighted by Crippen LogP contribution is 2.19. The molecule has 118 valence electrons. The molecule has 0 saturated carbocycles. The number of para-hydroxylation sites is 1. The molecular formula is C18H16ClFN2O. The number of nitrogens with zero attached hydrogens (tertiary/aromatic N) is 1. The van der Waals surface area contributed by atoms with Crippen molar-refractivity contribution in [2.45, 2.75) is 13.0 Å². The quantitative estimate of drug-likeness (QED) is 0.697. The second-order valence-corrected chi connectivity index (χ2v) is 5.68. The lowest BCUT2D eigenvalue weighted by Crippen LogP contribution is -2.26. The van der Waals surface area contributed by atoms with Crippen LogP contribution in [0, 0.1) is 5.82 Å². The molecule has 0 aliphatic carbocycles. The molecule has 1 aromatic heterocycles. The summed E-state index contributed by atoms with van der Waals surface area (Å²) in [5.74, 6) is -1.09. The van der Waals surface area contributed by atoms with Crippen LogP contribution in [-0.4, -0.2) is 17.0 Å². The molecule has 0 radical (unpaired) electrons. The van der Waals surface area contributed by atoms with Gasteiger partial charge in [0.15, 0.2) is 0 Å². The Morgan fingerprint density at radius 3 is 2.78 bits per heavy atom. The van der Waals surface area contributed by atoms with Gasteiger partial charge in [-0.15, -0.1) is 0 Å². The first kappa shape index (κ1) is 15.6. The number of rotatable bonds is 5. The first-order valence-corrected chi connectivity index (χ1v) is 7.81. The van der Waals surface area contributed by atoms with E-state index in [2.05, 4.69) is 28.1 Å². The van der Waals surface area contributed by atoms with E-state index < -0.39 is 11.7 Å². The summed E-state index contributed by atoms with van der Waals surface area (Å²) in [5, 5.41) is 4.03. The number of fused-ring (bicyclic) bond motifs is 1. The van der Waals surface area contributed by atoms with Gasteiger partial charge in [0.25, 0.3) is 5.91 Å². The minimum atomic E-state index is -0.605. The van der Waals surface area contributed by atoms with Crippen LogP contribution in [0.4, 0.5) is 4.39 Å². The van der Waals surface area contributed by atoms with Crippen LogP contribution in [-0.2, 0) is 6.54 Å². The van der Waals surface area contributed by atoms with Gasteiger partial charge in [0.1, 0.15) is 5.82 Å². The van der Waals surface area contributed by atoms with Crippen LogP contribution in [0.1, 0.15) is 16.8 Å². The van der Waals surface area contributed by atoms with Crippen LogP contribution in [0.25, 0.3) is 10.9 Å². The summed E-state index contributed by atoms with van der Waals surface area (Å²) in [7, 11) is 0. The first-order chi connectivity index (χ1) is 11.2. The summed E-state index contributed by atoms with van der Waals surface area (Å²) in [5.41, 5.74) is 1.07. The second-order valence-electron chi connectivity index (χ2n) is 5.27. The standard InChI is InChI=1S/C18H16ClFN2O/c19-14-6-3-7-15(20)17(14)18(23)21-10-4-11-22-12-9-13-5-1-2-8-16(13)22/h1-3,5-9,12H,4,10-11H2,(H,21,23). The van der Waals surface area contributed by atoms with Crippen LogP contribution >= 0.6 is 11.6 Å². The highest BCUT2D eigenvalue weighted by atomic mass is 35.5. The fourth-order valence-electron chi connectivity index (χ4n) is 2.59. The molecule has 0 atom stereocenters. The molecule has 23 heavy (non-hydrogen) atoms. The third-order valence-corrected chi connectivity index (χ3v) is 4.05. The van der Waals surface area contributed by atoms with E-state index in [1.807, 2.05) is 18.3 Å². The lowest BCUT2D eigenvalue weighted by Gasteiger charge is -2.09. The van der Waals surface area contributed by atoms with Gasteiger partial charge in [-0.05, 0) is 36.1 Å². The average Bonchev–Trinajstić information content (AvgIpc) is 2.95. The predicted octanol–water partition coefficient (Wildman–Crippen LogP) is 4.25. The minimum Gasteiger partial charge on any atom is -0.352 e. The first-order valence-electron chi connectivity index (χ1n) is 7.43. The molecule has 0 bridgehead atoms. The van der Waals surface area contributed by atoms with Crippen molar-refractivity contribution < 1.29 is 9.18 Å². The molecule has 3 nitrogen and oxygen atoms in total. The molecule has 2 aromatic carbocycles. The third kappa shape index (κ3) is 3.37. The molecule has 3 rings (SSSR count). The van der Waals surface area contributed by atoms with Crippen molar-refractivity contribution in [2.75, 3.05) is 6.54 Å². The SMILES string of the molecule is O=C(NCCCn1ccc2ccccc21)c1c(F)cccc1Cl. The molecule has 0 spiro atoms. The number of amides is 1. The fourth-order valence-corrected chi connectivity index (χ4v) is 2.84. The van der Waals surface area contributed by atoms with E-state index in [9.17, 15) is 9.18 Å². The maximum Gasteiger partial charge on any atom is 0.255 e. The summed E-state index contributed by atoms with van der Waals surface area (Å²) in [6.45, 7) is 1.23. The van der Waals surface area contributed by atoms with E-state index in [0.717, 1.165) is 18.5 Å². The maximum absolute atomic E-state index is 13.7. The van der Waals surface area contributed by atoms with Crippen LogP contribution in [0.5, 0.6) is 0 Å². The summed E-state index contributed by atoms with van der Waals surface area (Å²) < 4.78 is 15.8. The molecule has 0 fully saturated rings. The largest absolute Gasteiger partial charge is 0.352 e. The van der Waals surface area contributed by atoms with E-state index >= 15 is 0 Å². The van der Waals surface area contributed by atoms with Crippen molar-refractivity contribution in [2.24, 2.45) is 0 Å². The third-order valence-electron chi connectivity index (χ3n) is 3.73. The van der Waals surface area contributed by atoms with Crippen LogP contribution < -0.4 is 5.32 Å². The summed E-state index contributed by atoms with van der Waals surface area (Å²) in [6, 6.07) is 14.4. The number of hydrogen-bond donors (Lipinski definition) is 1. The molecule has 0 aliphatic heterocycles. The topological polar surface area (TPSA) is 34.0 Å². The Hall–Kier alpha value is -2.33. The Kier molecular flexibility index (Phi) is 4.63. The summed E-state index contributed by atoms with van der Waals surface area (Å²) in [4.78, 5) is 12.0. The minimum absolute atomic E-state index is 0.0967. The summed E-state index contributed by atoms with van der Waals surface area (Å²) in [6.07, 6.45) is 2.77. The number of carbonyl (C=O) groups is 1. The molecule has 5 heteroatoms. The van der Waals surface area contributed by atoms with Crippen LogP contribution in [0.2, 0.25) is 5.02 Å². The number of hydrogen-bond acceptors (Lipinski definition) is 1. The molecule has 1 N–H and O–H groups in total. The van der Waals surface area contributed by atoms with E-state index in [-0.39, 0.29) is 10.6 Å². The number of nitrogens with one attached hydrogen (secondary N) is 1. The smallest absolute Gasteiger partial charge is 0.255 e. The zero-order valence-electron chi connectivity index (χ0n) is 12.4. The fraction of sp³-hybridized carbons (Fsp3) is 0.167. The predicted molar refractivity (Wildman–Crippen MR) is 90.3 cm³/mol. The molecule has 0 aliphatic rings.